The first-order chi connectivity index (χ1) is 11.6. The predicted octanol–water partition coefficient (Wildman–Crippen LogP) is 3.18. The summed E-state index contributed by atoms with van der Waals surface area (Å²) in [6.45, 7) is 6.70. The molecule has 1 aromatic rings. The first-order valence-electron chi connectivity index (χ1n) is 8.76. The molecule has 4 nitrogen and oxygen atoms in total. The lowest BCUT2D eigenvalue weighted by Crippen LogP contribution is -2.53. The number of anilines is 1. The summed E-state index contributed by atoms with van der Waals surface area (Å²) in [5, 5.41) is 2.93. The van der Waals surface area contributed by atoms with Gasteiger partial charge < -0.3 is 5.32 Å². The smallest absolute Gasteiger partial charge is 0.246 e. The molecular weight excluding hydrogens is 320 g/mol. The second kappa shape index (κ2) is 8.06. The molecule has 0 bridgehead atoms. The number of benzene rings is 1. The lowest BCUT2D eigenvalue weighted by Gasteiger charge is -2.34. The molecule has 0 radical (unpaired) electrons. The van der Waals surface area contributed by atoms with Crippen molar-refractivity contribution >= 4 is 29.3 Å². The molecule has 2 amide bonds. The van der Waals surface area contributed by atoms with Gasteiger partial charge in [-0.05, 0) is 50.0 Å². The van der Waals surface area contributed by atoms with E-state index in [1.807, 2.05) is 24.1 Å². The quantitative estimate of drug-likeness (QED) is 0.785. The van der Waals surface area contributed by atoms with E-state index in [2.05, 4.69) is 31.3 Å². The number of hydrogen-bond donors (Lipinski definition) is 1. The van der Waals surface area contributed by atoms with Gasteiger partial charge in [-0.1, -0.05) is 32.0 Å². The lowest BCUT2D eigenvalue weighted by molar-refractivity contribution is -0.126. The Bertz CT molecular complexity index is 589. The fourth-order valence-electron chi connectivity index (χ4n) is 3.26. The van der Waals surface area contributed by atoms with Crippen LogP contribution in [0, 0.1) is 0 Å². The van der Waals surface area contributed by atoms with Crippen LogP contribution in [-0.2, 0) is 22.4 Å². The number of carbonyl (C=O) groups excluding carboxylic acids is 2. The van der Waals surface area contributed by atoms with Crippen LogP contribution < -0.4 is 10.2 Å². The maximum atomic E-state index is 13.0. The van der Waals surface area contributed by atoms with Crippen LogP contribution in [0.5, 0.6) is 0 Å². The first-order valence-corrected chi connectivity index (χ1v) is 10.2. The summed E-state index contributed by atoms with van der Waals surface area (Å²) < 4.78 is 0. The van der Waals surface area contributed by atoms with Crippen molar-refractivity contribution in [2.75, 3.05) is 23.5 Å². The summed E-state index contributed by atoms with van der Waals surface area (Å²) in [6, 6.07) is 6.19. The Balaban J connectivity index is 2.57. The highest BCUT2D eigenvalue weighted by Gasteiger charge is 2.57. The second-order valence-electron chi connectivity index (χ2n) is 6.19. The number of aryl methyl sites for hydroxylation is 2. The van der Waals surface area contributed by atoms with Gasteiger partial charge in [0, 0.05) is 6.54 Å². The molecular formula is C19H28N2O2S. The molecule has 24 heavy (non-hydrogen) atoms. The molecule has 0 heterocycles. The fraction of sp³-hybridized carbons (Fsp3) is 0.579. The van der Waals surface area contributed by atoms with Crippen molar-refractivity contribution in [3.05, 3.63) is 29.3 Å². The molecule has 1 aromatic carbocycles. The molecule has 0 saturated heterocycles. The molecule has 1 aliphatic rings. The van der Waals surface area contributed by atoms with Gasteiger partial charge in [0.15, 0.2) is 0 Å². The van der Waals surface area contributed by atoms with Crippen LogP contribution in [0.1, 0.15) is 44.7 Å². The Morgan fingerprint density at radius 2 is 1.75 bits per heavy atom. The van der Waals surface area contributed by atoms with Crippen LogP contribution >= 0.6 is 11.8 Å². The van der Waals surface area contributed by atoms with E-state index in [0.29, 0.717) is 12.3 Å². The normalized spacial score (nSPS) is 15.0. The number of thioether (sulfide) groups is 1. The number of hydrogen-bond acceptors (Lipinski definition) is 3. The summed E-state index contributed by atoms with van der Waals surface area (Å²) >= 11 is 1.51. The van der Waals surface area contributed by atoms with Gasteiger partial charge in [-0.15, -0.1) is 0 Å². The number of nitrogens with zero attached hydrogens (tertiary/aromatic N) is 1. The molecule has 1 aliphatic carbocycles. The monoisotopic (exact) mass is 348 g/mol. The number of carbonyl (C=O) groups is 2. The van der Waals surface area contributed by atoms with Crippen LogP contribution in [0.4, 0.5) is 5.69 Å². The number of amides is 2. The molecule has 0 unspecified atom stereocenters. The third-order valence-corrected chi connectivity index (χ3v) is 5.15. The van der Waals surface area contributed by atoms with E-state index in [1.165, 1.54) is 11.8 Å². The summed E-state index contributed by atoms with van der Waals surface area (Å²) in [5.74, 6) is 0.400. The summed E-state index contributed by atoms with van der Waals surface area (Å²) in [5.41, 5.74) is 2.54. The van der Waals surface area contributed by atoms with Crippen molar-refractivity contribution in [3.63, 3.8) is 0 Å². The summed E-state index contributed by atoms with van der Waals surface area (Å²) in [6.07, 6.45) is 5.09. The summed E-state index contributed by atoms with van der Waals surface area (Å²) in [7, 11) is 0. The molecule has 132 valence electrons. The van der Waals surface area contributed by atoms with E-state index in [4.69, 9.17) is 0 Å². The van der Waals surface area contributed by atoms with Gasteiger partial charge in [0.2, 0.25) is 11.8 Å². The number of nitrogens with one attached hydrogen (secondary N) is 1. The molecule has 5 heteroatoms. The van der Waals surface area contributed by atoms with Crippen LogP contribution in [0.2, 0.25) is 0 Å². The predicted molar refractivity (Wildman–Crippen MR) is 102 cm³/mol. The van der Waals surface area contributed by atoms with Gasteiger partial charge in [-0.3, -0.25) is 14.5 Å². The maximum absolute atomic E-state index is 13.0. The third kappa shape index (κ3) is 3.46. The van der Waals surface area contributed by atoms with Crippen molar-refractivity contribution < 1.29 is 9.59 Å². The summed E-state index contributed by atoms with van der Waals surface area (Å²) in [4.78, 5) is 27.6. The Hall–Kier alpha value is -1.49. The Kier molecular flexibility index (Phi) is 6.33. The molecule has 1 fully saturated rings. The van der Waals surface area contributed by atoms with Gasteiger partial charge in [0.1, 0.15) is 5.54 Å². The van der Waals surface area contributed by atoms with E-state index < -0.39 is 5.54 Å². The van der Waals surface area contributed by atoms with E-state index in [0.717, 1.165) is 42.5 Å². The van der Waals surface area contributed by atoms with Crippen LogP contribution in [0.3, 0.4) is 0 Å². The zero-order valence-electron chi connectivity index (χ0n) is 15.1. The standard InChI is InChI=1S/C19H28N2O2S/c1-5-14-9-8-10-15(6-2)17(14)21(16(22)13-24-4)19(11-12-19)18(23)20-7-3/h8-10H,5-7,11-13H2,1-4H3,(H,20,23). The fourth-order valence-corrected chi connectivity index (χ4v) is 3.64. The van der Waals surface area contributed by atoms with Crippen molar-refractivity contribution in [3.8, 4) is 0 Å². The molecule has 0 aliphatic heterocycles. The Labute approximate surface area is 149 Å². The molecule has 0 atom stereocenters. The third-order valence-electron chi connectivity index (χ3n) is 4.62. The molecule has 1 saturated carbocycles. The van der Waals surface area contributed by atoms with Gasteiger partial charge in [0.05, 0.1) is 11.4 Å². The van der Waals surface area contributed by atoms with E-state index in [9.17, 15) is 9.59 Å². The lowest BCUT2D eigenvalue weighted by atomic mass is 9.99. The highest BCUT2D eigenvalue weighted by molar-refractivity contribution is 7.99. The van der Waals surface area contributed by atoms with Crippen molar-refractivity contribution in [2.45, 2.75) is 52.0 Å². The average molecular weight is 349 g/mol. The topological polar surface area (TPSA) is 49.4 Å². The Morgan fingerprint density at radius 3 is 2.17 bits per heavy atom. The largest absolute Gasteiger partial charge is 0.354 e. The molecule has 1 N–H and O–H groups in total. The van der Waals surface area contributed by atoms with Gasteiger partial charge >= 0.3 is 0 Å². The second-order valence-corrected chi connectivity index (χ2v) is 7.05. The Morgan fingerprint density at radius 1 is 1.17 bits per heavy atom. The minimum Gasteiger partial charge on any atom is -0.354 e. The van der Waals surface area contributed by atoms with E-state index in [-0.39, 0.29) is 11.8 Å². The SMILES string of the molecule is CCNC(=O)C1(N(C(=O)CSC)c2c(CC)cccc2CC)CC1. The minimum absolute atomic E-state index is 0.0209. The van der Waals surface area contributed by atoms with E-state index >= 15 is 0 Å². The van der Waals surface area contributed by atoms with Crippen LogP contribution in [-0.4, -0.2) is 35.9 Å². The van der Waals surface area contributed by atoms with Crippen LogP contribution in [0.25, 0.3) is 0 Å². The number of rotatable bonds is 8. The highest BCUT2D eigenvalue weighted by Crippen LogP contribution is 2.47. The van der Waals surface area contributed by atoms with Crippen LogP contribution in [0.15, 0.2) is 18.2 Å². The van der Waals surface area contributed by atoms with Crippen molar-refractivity contribution in [2.24, 2.45) is 0 Å². The molecule has 0 aromatic heterocycles. The first kappa shape index (κ1) is 18.8. The number of likely N-dealkylation sites (N-methyl/N-ethyl adjacent to an activating group) is 1. The average Bonchev–Trinajstić information content (AvgIpc) is 3.37. The zero-order chi connectivity index (χ0) is 17.7. The van der Waals surface area contributed by atoms with Crippen molar-refractivity contribution in [1.29, 1.82) is 0 Å². The van der Waals surface area contributed by atoms with Crippen molar-refractivity contribution in [1.82, 2.24) is 5.32 Å². The van der Waals surface area contributed by atoms with E-state index in [1.54, 1.807) is 0 Å². The maximum Gasteiger partial charge on any atom is 0.246 e. The van der Waals surface area contributed by atoms with Gasteiger partial charge in [-0.25, -0.2) is 0 Å². The zero-order valence-corrected chi connectivity index (χ0v) is 16.0. The molecule has 2 rings (SSSR count). The molecule has 0 spiro atoms. The van der Waals surface area contributed by atoms with Gasteiger partial charge in [0.25, 0.3) is 0 Å². The minimum atomic E-state index is -0.696. The highest BCUT2D eigenvalue weighted by atomic mass is 32.2. The van der Waals surface area contributed by atoms with Gasteiger partial charge in [-0.2, -0.15) is 11.8 Å². The number of para-hydroxylation sites is 1.